The van der Waals surface area contributed by atoms with Crippen LogP contribution in [0.5, 0.6) is 0 Å². The van der Waals surface area contributed by atoms with E-state index in [1.54, 1.807) is 6.08 Å². The van der Waals surface area contributed by atoms with E-state index in [1.807, 2.05) is 6.92 Å². The molecule has 0 aromatic heterocycles. The number of rotatable bonds is 1. The molecule has 6 heteroatoms. The first-order chi connectivity index (χ1) is 6.61. The van der Waals surface area contributed by atoms with Crippen LogP contribution in [0.15, 0.2) is 43.8 Å². The van der Waals surface area contributed by atoms with Crippen LogP contribution in [0.25, 0.3) is 0 Å². The number of nitro groups is 1. The number of azo groups is 1. The van der Waals surface area contributed by atoms with Crippen molar-refractivity contribution >= 4 is 15.9 Å². The van der Waals surface area contributed by atoms with Crippen LogP contribution in [0.4, 0.5) is 0 Å². The smallest absolute Gasteiger partial charge is 0.259 e. The summed E-state index contributed by atoms with van der Waals surface area (Å²) >= 11 is 3.23. The van der Waals surface area contributed by atoms with E-state index >= 15 is 0 Å². The molecule has 14 heavy (non-hydrogen) atoms. The molecule has 0 amide bonds. The standard InChI is InChI=1S/C8H6BrN3O2/c1-4-2-3-5(12(13)14)7-6(4)8(9)11-10-7/h2-3,7H,1H3/t7-/m1/s1. The molecule has 0 aromatic carbocycles. The molecular weight excluding hydrogens is 250 g/mol. The van der Waals surface area contributed by atoms with Gasteiger partial charge in [0, 0.05) is 11.6 Å². The molecule has 5 nitrogen and oxygen atoms in total. The molecule has 1 aliphatic carbocycles. The number of halogens is 1. The average Bonchev–Trinajstić information content (AvgIpc) is 2.49. The summed E-state index contributed by atoms with van der Waals surface area (Å²) in [6, 6.07) is -0.538. The molecule has 1 heterocycles. The summed E-state index contributed by atoms with van der Waals surface area (Å²) in [6.45, 7) is 1.88. The van der Waals surface area contributed by atoms with E-state index in [-0.39, 0.29) is 5.70 Å². The first-order valence-corrected chi connectivity index (χ1v) is 4.74. The quantitative estimate of drug-likeness (QED) is 0.411. The minimum Gasteiger partial charge on any atom is -0.259 e. The van der Waals surface area contributed by atoms with E-state index in [0.717, 1.165) is 11.1 Å². The molecule has 0 spiro atoms. The first-order valence-electron chi connectivity index (χ1n) is 3.95. The van der Waals surface area contributed by atoms with E-state index in [1.165, 1.54) is 6.08 Å². The van der Waals surface area contributed by atoms with E-state index < -0.39 is 11.0 Å². The summed E-state index contributed by atoms with van der Waals surface area (Å²) in [6.07, 6.45) is 3.19. The van der Waals surface area contributed by atoms with Crippen molar-refractivity contribution in [1.29, 1.82) is 0 Å². The van der Waals surface area contributed by atoms with Gasteiger partial charge in [0.2, 0.25) is 0 Å². The van der Waals surface area contributed by atoms with Gasteiger partial charge in [-0.1, -0.05) is 6.08 Å². The third-order valence-corrected chi connectivity index (χ3v) is 2.76. The Labute approximate surface area is 88.2 Å². The summed E-state index contributed by atoms with van der Waals surface area (Å²) in [7, 11) is 0. The van der Waals surface area contributed by atoms with Gasteiger partial charge in [-0.3, -0.25) is 10.1 Å². The highest BCUT2D eigenvalue weighted by molar-refractivity contribution is 9.11. The van der Waals surface area contributed by atoms with Crippen molar-refractivity contribution in [2.75, 3.05) is 0 Å². The number of hydrogen-bond acceptors (Lipinski definition) is 4. The molecule has 0 aromatic rings. The maximum Gasteiger partial charge on any atom is 0.277 e. The van der Waals surface area contributed by atoms with Gasteiger partial charge < -0.3 is 0 Å². The Bertz CT molecular complexity index is 434. The summed E-state index contributed by atoms with van der Waals surface area (Å²) in [5.74, 6) is 0. The zero-order valence-corrected chi connectivity index (χ0v) is 8.85. The van der Waals surface area contributed by atoms with Crippen LogP contribution in [-0.2, 0) is 0 Å². The molecule has 0 radical (unpaired) electrons. The molecule has 0 saturated carbocycles. The zero-order chi connectivity index (χ0) is 10.3. The van der Waals surface area contributed by atoms with Gasteiger partial charge >= 0.3 is 0 Å². The van der Waals surface area contributed by atoms with Gasteiger partial charge in [0.15, 0.2) is 6.04 Å². The molecule has 0 fully saturated rings. The minimum absolute atomic E-state index is 0.0730. The predicted molar refractivity (Wildman–Crippen MR) is 53.4 cm³/mol. The van der Waals surface area contributed by atoms with Gasteiger partial charge in [-0.25, -0.2) is 0 Å². The molecule has 0 bridgehead atoms. The topological polar surface area (TPSA) is 67.9 Å². The summed E-state index contributed by atoms with van der Waals surface area (Å²) in [5, 5.41) is 18.3. The second-order valence-corrected chi connectivity index (χ2v) is 3.77. The van der Waals surface area contributed by atoms with Gasteiger partial charge in [0.05, 0.1) is 4.92 Å². The SMILES string of the molecule is CC1=CC=C([N+](=O)[O-])[C@H]2N=NC(Br)=C12. The number of allylic oxidation sites excluding steroid dienone is 2. The second-order valence-electron chi connectivity index (χ2n) is 3.02. The fraction of sp³-hybridized carbons (Fsp3) is 0.250. The van der Waals surface area contributed by atoms with E-state index in [4.69, 9.17) is 0 Å². The minimum atomic E-state index is -0.538. The van der Waals surface area contributed by atoms with Crippen molar-refractivity contribution in [3.63, 3.8) is 0 Å². The lowest BCUT2D eigenvalue weighted by molar-refractivity contribution is -0.428. The number of fused-ring (bicyclic) bond motifs is 1. The lowest BCUT2D eigenvalue weighted by Crippen LogP contribution is -2.19. The Balaban J connectivity index is 2.53. The van der Waals surface area contributed by atoms with Crippen molar-refractivity contribution in [2.45, 2.75) is 13.0 Å². The van der Waals surface area contributed by atoms with Gasteiger partial charge in [0.1, 0.15) is 4.61 Å². The third kappa shape index (κ3) is 1.22. The third-order valence-electron chi connectivity index (χ3n) is 2.18. The first kappa shape index (κ1) is 9.26. The second kappa shape index (κ2) is 3.13. The number of hydrogen-bond donors (Lipinski definition) is 0. The van der Waals surface area contributed by atoms with Crippen molar-refractivity contribution in [3.8, 4) is 0 Å². The summed E-state index contributed by atoms with van der Waals surface area (Å²) < 4.78 is 0.587. The van der Waals surface area contributed by atoms with Crippen LogP contribution < -0.4 is 0 Å². The molecule has 1 atom stereocenters. The van der Waals surface area contributed by atoms with E-state index in [0.29, 0.717) is 4.61 Å². The Kier molecular flexibility index (Phi) is 2.07. The Hall–Kier alpha value is -1.30. The highest BCUT2D eigenvalue weighted by Gasteiger charge is 2.36. The van der Waals surface area contributed by atoms with Crippen LogP contribution in [0.3, 0.4) is 0 Å². The lowest BCUT2D eigenvalue weighted by atomic mass is 9.94. The molecule has 0 saturated heterocycles. The molecule has 0 unspecified atom stereocenters. The molecule has 2 rings (SSSR count). The molecular formula is C8H6BrN3O2. The normalized spacial score (nSPS) is 24.6. The fourth-order valence-electron chi connectivity index (χ4n) is 1.47. The predicted octanol–water partition coefficient (Wildman–Crippen LogP) is 2.55. The molecule has 1 aliphatic heterocycles. The lowest BCUT2D eigenvalue weighted by Gasteiger charge is -2.13. The van der Waals surface area contributed by atoms with Crippen LogP contribution in [0.1, 0.15) is 6.92 Å². The van der Waals surface area contributed by atoms with Crippen LogP contribution >= 0.6 is 15.9 Å². The Morgan fingerprint density at radius 2 is 2.29 bits per heavy atom. The fourth-order valence-corrected chi connectivity index (χ4v) is 2.09. The zero-order valence-electron chi connectivity index (χ0n) is 7.27. The van der Waals surface area contributed by atoms with Gasteiger partial charge in [-0.05, 0) is 28.4 Å². The molecule has 2 aliphatic rings. The highest BCUT2D eigenvalue weighted by Crippen LogP contribution is 2.37. The summed E-state index contributed by atoms with van der Waals surface area (Å²) in [4.78, 5) is 10.3. The largest absolute Gasteiger partial charge is 0.277 e. The van der Waals surface area contributed by atoms with E-state index in [9.17, 15) is 10.1 Å². The average molecular weight is 256 g/mol. The van der Waals surface area contributed by atoms with Gasteiger partial charge in [0.25, 0.3) is 5.70 Å². The Morgan fingerprint density at radius 1 is 1.57 bits per heavy atom. The van der Waals surface area contributed by atoms with E-state index in [2.05, 4.69) is 26.2 Å². The molecule has 72 valence electrons. The van der Waals surface area contributed by atoms with Gasteiger partial charge in [-0.15, -0.1) is 5.11 Å². The van der Waals surface area contributed by atoms with Crippen molar-refractivity contribution in [1.82, 2.24) is 0 Å². The molecule has 0 N–H and O–H groups in total. The maximum absolute atomic E-state index is 10.7. The maximum atomic E-state index is 10.7. The highest BCUT2D eigenvalue weighted by atomic mass is 79.9. The monoisotopic (exact) mass is 255 g/mol. The van der Waals surface area contributed by atoms with Gasteiger partial charge in [-0.2, -0.15) is 5.11 Å². The van der Waals surface area contributed by atoms with Crippen molar-refractivity contribution < 1.29 is 4.92 Å². The van der Waals surface area contributed by atoms with Crippen LogP contribution in [0.2, 0.25) is 0 Å². The van der Waals surface area contributed by atoms with Crippen molar-refractivity contribution in [3.05, 3.63) is 43.7 Å². The van der Waals surface area contributed by atoms with Crippen LogP contribution in [-0.4, -0.2) is 11.0 Å². The number of nitrogens with zero attached hydrogens (tertiary/aromatic N) is 3. The van der Waals surface area contributed by atoms with Crippen LogP contribution in [0, 0.1) is 10.1 Å². The Morgan fingerprint density at radius 3 is 2.93 bits per heavy atom. The van der Waals surface area contributed by atoms with Crippen molar-refractivity contribution in [2.24, 2.45) is 10.2 Å². The summed E-state index contributed by atoms with van der Waals surface area (Å²) in [5.41, 5.74) is 1.82.